The highest BCUT2D eigenvalue weighted by Crippen LogP contribution is 2.32. The van der Waals surface area contributed by atoms with Gasteiger partial charge >= 0.3 is 0 Å². The Labute approximate surface area is 160 Å². The second-order valence-electron chi connectivity index (χ2n) is 5.56. The zero-order valence-electron chi connectivity index (χ0n) is 13.6. The number of hydrogen-bond acceptors (Lipinski definition) is 4. The highest BCUT2D eigenvalue weighted by molar-refractivity contribution is 8.18. The Morgan fingerprint density at radius 1 is 1.12 bits per heavy atom. The molecular formula is C18H15Cl2N3OS. The van der Waals surface area contributed by atoms with Crippen LogP contribution in [0.25, 0.3) is 6.08 Å². The Morgan fingerprint density at radius 2 is 1.84 bits per heavy atom. The summed E-state index contributed by atoms with van der Waals surface area (Å²) in [6, 6.07) is 13.0. The number of aliphatic imine (C=N–C) groups is 1. The van der Waals surface area contributed by atoms with E-state index in [0.29, 0.717) is 25.8 Å². The van der Waals surface area contributed by atoms with Gasteiger partial charge in [-0.1, -0.05) is 35.3 Å². The Hall–Kier alpha value is -1.95. The largest absolute Gasteiger partial charge is 0.378 e. The fourth-order valence-electron chi connectivity index (χ4n) is 2.18. The van der Waals surface area contributed by atoms with Crippen molar-refractivity contribution in [1.82, 2.24) is 5.32 Å². The lowest BCUT2D eigenvalue weighted by molar-refractivity contribution is -0.115. The summed E-state index contributed by atoms with van der Waals surface area (Å²) in [5, 5.41) is 4.23. The molecule has 2 aromatic rings. The van der Waals surface area contributed by atoms with Crippen LogP contribution in [0.5, 0.6) is 0 Å². The topological polar surface area (TPSA) is 44.7 Å². The van der Waals surface area contributed by atoms with Crippen molar-refractivity contribution in [2.24, 2.45) is 4.99 Å². The minimum atomic E-state index is -0.182. The van der Waals surface area contributed by atoms with E-state index in [9.17, 15) is 4.79 Å². The molecule has 1 heterocycles. The summed E-state index contributed by atoms with van der Waals surface area (Å²) in [7, 11) is 3.97. The predicted octanol–water partition coefficient (Wildman–Crippen LogP) is 4.95. The number of amidine groups is 1. The molecule has 1 aliphatic heterocycles. The Bertz CT molecular complexity index is 876. The van der Waals surface area contributed by atoms with Crippen molar-refractivity contribution in [2.75, 3.05) is 19.0 Å². The smallest absolute Gasteiger partial charge is 0.264 e. The van der Waals surface area contributed by atoms with Crippen molar-refractivity contribution in [3.05, 3.63) is 63.0 Å². The number of halogens is 2. The maximum absolute atomic E-state index is 12.2. The minimum absolute atomic E-state index is 0.182. The van der Waals surface area contributed by atoms with E-state index in [2.05, 4.69) is 10.3 Å². The first kappa shape index (κ1) is 17.9. The molecule has 2 aromatic carbocycles. The third kappa shape index (κ3) is 4.37. The molecule has 0 bridgehead atoms. The van der Waals surface area contributed by atoms with Crippen LogP contribution >= 0.6 is 35.0 Å². The summed E-state index contributed by atoms with van der Waals surface area (Å²) in [6.07, 6.45) is 1.83. The number of thioether (sulfide) groups is 1. The van der Waals surface area contributed by atoms with Crippen molar-refractivity contribution in [3.63, 3.8) is 0 Å². The van der Waals surface area contributed by atoms with E-state index in [0.717, 1.165) is 11.3 Å². The Balaban J connectivity index is 1.82. The number of nitrogens with one attached hydrogen (secondary N) is 1. The molecule has 0 aromatic heterocycles. The lowest BCUT2D eigenvalue weighted by Gasteiger charge is -2.11. The summed E-state index contributed by atoms with van der Waals surface area (Å²) >= 11 is 13.3. The van der Waals surface area contributed by atoms with Crippen molar-refractivity contribution in [2.45, 2.75) is 0 Å². The molecule has 0 unspecified atom stereocenters. The van der Waals surface area contributed by atoms with Gasteiger partial charge in [-0.25, -0.2) is 4.99 Å². The van der Waals surface area contributed by atoms with Gasteiger partial charge in [-0.15, -0.1) is 0 Å². The molecule has 0 aliphatic carbocycles. The van der Waals surface area contributed by atoms with Crippen molar-refractivity contribution in [3.8, 4) is 0 Å². The number of carbonyl (C=O) groups excluding carboxylic acids is 1. The molecule has 25 heavy (non-hydrogen) atoms. The second kappa shape index (κ2) is 7.52. The molecule has 0 atom stereocenters. The summed E-state index contributed by atoms with van der Waals surface area (Å²) in [5.74, 6) is -0.182. The van der Waals surface area contributed by atoms with E-state index in [-0.39, 0.29) is 5.91 Å². The highest BCUT2D eigenvalue weighted by Gasteiger charge is 2.24. The monoisotopic (exact) mass is 391 g/mol. The molecule has 3 rings (SSSR count). The first-order chi connectivity index (χ1) is 11.9. The van der Waals surface area contributed by atoms with Crippen LogP contribution in [-0.2, 0) is 4.79 Å². The fourth-order valence-corrected chi connectivity index (χ4v) is 3.34. The van der Waals surface area contributed by atoms with E-state index in [1.54, 1.807) is 18.2 Å². The van der Waals surface area contributed by atoms with E-state index in [1.807, 2.05) is 49.3 Å². The molecule has 128 valence electrons. The van der Waals surface area contributed by atoms with Crippen molar-refractivity contribution < 1.29 is 4.79 Å². The molecule has 1 aliphatic rings. The van der Waals surface area contributed by atoms with Gasteiger partial charge in [0.05, 0.1) is 15.6 Å². The number of amides is 1. The SMILES string of the molecule is CN(C)c1ccc(/C=C2/SC(=Nc3cc(Cl)ccc3Cl)NC2=O)cc1. The molecule has 7 heteroatoms. The number of benzene rings is 2. The van der Waals surface area contributed by atoms with Crippen LogP contribution in [0.2, 0.25) is 10.0 Å². The molecule has 4 nitrogen and oxygen atoms in total. The van der Waals surface area contributed by atoms with Gasteiger partial charge in [-0.3, -0.25) is 4.79 Å². The van der Waals surface area contributed by atoms with Gasteiger partial charge in [0.25, 0.3) is 5.91 Å². The third-order valence-corrected chi connectivity index (χ3v) is 4.95. The molecule has 1 amide bonds. The summed E-state index contributed by atoms with van der Waals surface area (Å²) in [4.78, 5) is 19.1. The van der Waals surface area contributed by atoms with E-state index in [4.69, 9.17) is 23.2 Å². The van der Waals surface area contributed by atoms with Gasteiger partial charge in [-0.05, 0) is 53.7 Å². The molecule has 0 saturated carbocycles. The number of rotatable bonds is 3. The van der Waals surface area contributed by atoms with Gasteiger partial charge in [0.15, 0.2) is 5.17 Å². The zero-order valence-corrected chi connectivity index (χ0v) is 15.9. The molecular weight excluding hydrogens is 377 g/mol. The average Bonchev–Trinajstić information content (AvgIpc) is 2.91. The zero-order chi connectivity index (χ0) is 18.0. The van der Waals surface area contributed by atoms with E-state index < -0.39 is 0 Å². The molecule has 1 fully saturated rings. The number of nitrogens with zero attached hydrogens (tertiary/aromatic N) is 2. The minimum Gasteiger partial charge on any atom is -0.378 e. The van der Waals surface area contributed by atoms with Gasteiger partial charge in [-0.2, -0.15) is 0 Å². The summed E-state index contributed by atoms with van der Waals surface area (Å²) < 4.78 is 0. The molecule has 0 radical (unpaired) electrons. The average molecular weight is 392 g/mol. The molecule has 0 spiro atoms. The van der Waals surface area contributed by atoms with Gasteiger partial charge in [0, 0.05) is 24.8 Å². The standard InChI is InChI=1S/C18H15Cl2N3OS/c1-23(2)13-6-3-11(4-7-13)9-16-17(24)22-18(25-16)21-15-10-12(19)5-8-14(15)20/h3-10H,1-2H3,(H,21,22,24)/b16-9+. The third-order valence-electron chi connectivity index (χ3n) is 3.49. The van der Waals surface area contributed by atoms with Gasteiger partial charge in [0.2, 0.25) is 0 Å². The maximum atomic E-state index is 12.2. The van der Waals surface area contributed by atoms with Crippen LogP contribution in [0.4, 0.5) is 11.4 Å². The first-order valence-electron chi connectivity index (χ1n) is 7.44. The number of anilines is 1. The van der Waals surface area contributed by atoms with Crippen LogP contribution in [0, 0.1) is 0 Å². The second-order valence-corrected chi connectivity index (χ2v) is 7.44. The maximum Gasteiger partial charge on any atom is 0.264 e. The van der Waals surface area contributed by atoms with Crippen molar-refractivity contribution in [1.29, 1.82) is 0 Å². The summed E-state index contributed by atoms with van der Waals surface area (Å²) in [6.45, 7) is 0. The first-order valence-corrected chi connectivity index (χ1v) is 9.01. The van der Waals surface area contributed by atoms with Crippen molar-refractivity contribution >= 4 is 63.5 Å². The quantitative estimate of drug-likeness (QED) is 0.752. The van der Waals surface area contributed by atoms with E-state index >= 15 is 0 Å². The van der Waals surface area contributed by atoms with Gasteiger partial charge in [0.1, 0.15) is 0 Å². The molecule has 1 saturated heterocycles. The lowest BCUT2D eigenvalue weighted by atomic mass is 10.2. The van der Waals surface area contributed by atoms with E-state index in [1.165, 1.54) is 11.8 Å². The van der Waals surface area contributed by atoms with Crippen LogP contribution in [0.1, 0.15) is 5.56 Å². The fraction of sp³-hybridized carbons (Fsp3) is 0.111. The normalized spacial score (nSPS) is 17.2. The van der Waals surface area contributed by atoms with Crippen LogP contribution in [-0.4, -0.2) is 25.2 Å². The Morgan fingerprint density at radius 3 is 2.52 bits per heavy atom. The van der Waals surface area contributed by atoms with Crippen LogP contribution in [0.3, 0.4) is 0 Å². The number of carbonyl (C=O) groups is 1. The van der Waals surface area contributed by atoms with Crippen LogP contribution in [0.15, 0.2) is 52.4 Å². The molecule has 1 N–H and O–H groups in total. The number of hydrogen-bond donors (Lipinski definition) is 1. The highest BCUT2D eigenvalue weighted by atomic mass is 35.5. The summed E-state index contributed by atoms with van der Waals surface area (Å²) in [5.41, 5.74) is 2.57. The predicted molar refractivity (Wildman–Crippen MR) is 108 cm³/mol. The lowest BCUT2D eigenvalue weighted by Crippen LogP contribution is -2.19. The van der Waals surface area contributed by atoms with Crippen LogP contribution < -0.4 is 10.2 Å². The Kier molecular flexibility index (Phi) is 5.37. The van der Waals surface area contributed by atoms with Gasteiger partial charge < -0.3 is 10.2 Å².